The first kappa shape index (κ1) is 22.2. The highest BCUT2D eigenvalue weighted by Gasteiger charge is 2.47. The third-order valence-corrected chi connectivity index (χ3v) is 7.68. The summed E-state index contributed by atoms with van der Waals surface area (Å²) in [5.74, 6) is 1.35. The number of aromatic nitrogens is 5. The van der Waals surface area contributed by atoms with Crippen molar-refractivity contribution in [3.8, 4) is 0 Å². The molecule has 3 fully saturated rings. The zero-order valence-electron chi connectivity index (χ0n) is 19.9. The highest BCUT2D eigenvalue weighted by atomic mass is 16.6. The van der Waals surface area contributed by atoms with E-state index in [2.05, 4.69) is 20.9 Å². The number of nitrogens with zero attached hydrogens (tertiary/aromatic N) is 5. The van der Waals surface area contributed by atoms with Crippen LogP contribution in [0.4, 0.5) is 0 Å². The summed E-state index contributed by atoms with van der Waals surface area (Å²) < 4.78 is 6.63. The number of hydrogen-bond donors (Lipinski definition) is 2. The predicted molar refractivity (Wildman–Crippen MR) is 125 cm³/mol. The summed E-state index contributed by atoms with van der Waals surface area (Å²) in [5, 5.41) is 18.7. The Hall–Kier alpha value is -3.30. The van der Waals surface area contributed by atoms with Crippen molar-refractivity contribution in [3.63, 3.8) is 0 Å². The van der Waals surface area contributed by atoms with Crippen LogP contribution in [0, 0.1) is 23.7 Å². The third-order valence-electron chi connectivity index (χ3n) is 7.68. The number of imidazole rings is 1. The monoisotopic (exact) mass is 477 g/mol. The zero-order valence-corrected chi connectivity index (χ0v) is 19.9. The molecule has 1 saturated heterocycles. The Morgan fingerprint density at radius 3 is 2.71 bits per heavy atom. The van der Waals surface area contributed by atoms with Crippen molar-refractivity contribution in [1.29, 1.82) is 0 Å². The first-order valence-corrected chi connectivity index (χ1v) is 12.9. The maximum absolute atomic E-state index is 13.2. The molecule has 3 aromatic rings. The first-order chi connectivity index (χ1) is 17.1. The summed E-state index contributed by atoms with van der Waals surface area (Å²) in [4.78, 5) is 30.3. The van der Waals surface area contributed by atoms with E-state index in [9.17, 15) is 9.59 Å². The molecule has 10 heteroatoms. The third kappa shape index (κ3) is 4.53. The molecule has 2 N–H and O–H groups in total. The number of piperidine rings is 1. The van der Waals surface area contributed by atoms with Gasteiger partial charge in [0.25, 0.3) is 5.91 Å². The average molecular weight is 478 g/mol. The molecule has 0 aromatic carbocycles. The second kappa shape index (κ2) is 9.05. The van der Waals surface area contributed by atoms with Crippen LogP contribution in [0.3, 0.4) is 0 Å². The normalized spacial score (nSPS) is 21.3. The maximum Gasteiger partial charge on any atom is 0.276 e. The van der Waals surface area contributed by atoms with Gasteiger partial charge >= 0.3 is 0 Å². The molecule has 2 saturated carbocycles. The molecule has 10 nitrogen and oxygen atoms in total. The minimum Gasteiger partial charge on any atom is -0.356 e. The largest absolute Gasteiger partial charge is 0.356 e. The second-order valence-electron chi connectivity index (χ2n) is 10.2. The molecule has 0 spiro atoms. The average Bonchev–Trinajstić information content (AvgIpc) is 3.79. The van der Waals surface area contributed by atoms with E-state index in [4.69, 9.17) is 14.7 Å². The highest BCUT2D eigenvalue weighted by Crippen LogP contribution is 2.54. The molecular formula is C25H31N7O3. The van der Waals surface area contributed by atoms with Crippen molar-refractivity contribution >= 4 is 17.5 Å². The fourth-order valence-electron chi connectivity index (χ4n) is 5.56. The van der Waals surface area contributed by atoms with Crippen LogP contribution in [-0.4, -0.2) is 43.3 Å². The topological polar surface area (TPSA) is 127 Å². The lowest BCUT2D eigenvalue weighted by Crippen LogP contribution is -2.37. The van der Waals surface area contributed by atoms with E-state index < -0.39 is 0 Å². The van der Waals surface area contributed by atoms with E-state index in [0.717, 1.165) is 36.4 Å². The van der Waals surface area contributed by atoms with Gasteiger partial charge in [-0.1, -0.05) is 12.1 Å². The molecular weight excluding hydrogens is 446 g/mol. The molecule has 3 aromatic heterocycles. The van der Waals surface area contributed by atoms with Gasteiger partial charge in [-0.3, -0.25) is 9.59 Å². The van der Waals surface area contributed by atoms with Crippen molar-refractivity contribution in [3.05, 3.63) is 41.1 Å². The molecule has 4 heterocycles. The molecule has 2 amide bonds. The smallest absolute Gasteiger partial charge is 0.276 e. The molecule has 3 aliphatic rings. The molecule has 1 aliphatic heterocycles. The van der Waals surface area contributed by atoms with E-state index in [0.29, 0.717) is 36.3 Å². The van der Waals surface area contributed by atoms with Gasteiger partial charge < -0.3 is 10.6 Å². The van der Waals surface area contributed by atoms with Gasteiger partial charge in [-0.05, 0) is 80.0 Å². The molecule has 184 valence electrons. The SMILES string of the molecule is CCc1nonc1C(=O)N[C@H](c1cn2nc(CC3CCCNC3=O)ccc2n1)C(C1CC1)C1CC1. The van der Waals surface area contributed by atoms with Crippen molar-refractivity contribution < 1.29 is 14.2 Å². The Labute approximate surface area is 203 Å². The van der Waals surface area contributed by atoms with Crippen LogP contribution < -0.4 is 10.6 Å². The fourth-order valence-corrected chi connectivity index (χ4v) is 5.56. The van der Waals surface area contributed by atoms with E-state index >= 15 is 0 Å². The van der Waals surface area contributed by atoms with E-state index in [1.165, 1.54) is 25.7 Å². The van der Waals surface area contributed by atoms with Gasteiger partial charge in [0.2, 0.25) is 5.91 Å². The highest BCUT2D eigenvalue weighted by molar-refractivity contribution is 5.93. The summed E-state index contributed by atoms with van der Waals surface area (Å²) in [7, 11) is 0. The van der Waals surface area contributed by atoms with Crippen molar-refractivity contribution in [2.45, 2.75) is 64.3 Å². The number of hydrogen-bond acceptors (Lipinski definition) is 7. The van der Waals surface area contributed by atoms with Crippen LogP contribution >= 0.6 is 0 Å². The Balaban J connectivity index is 1.29. The summed E-state index contributed by atoms with van der Waals surface area (Å²) in [5.41, 5.74) is 3.23. The standard InChI is InChI=1S/C25H31N7O3/c1-2-18-23(31-35-30-18)25(34)28-22(21(14-5-6-14)15-7-8-15)19-13-32-20(27-19)10-9-17(29-32)12-16-4-3-11-26-24(16)33/h9-10,13-16,21-22H,2-8,11-12H2,1H3,(H,26,33)(H,28,34)/t16?,22-/m1/s1. The molecule has 1 unspecified atom stereocenters. The summed E-state index contributed by atoms with van der Waals surface area (Å²) in [6.07, 6.45) is 9.78. The Kier molecular flexibility index (Phi) is 5.74. The fraction of sp³-hybridized carbons (Fsp3) is 0.600. The van der Waals surface area contributed by atoms with Gasteiger partial charge in [0.1, 0.15) is 5.69 Å². The molecule has 35 heavy (non-hydrogen) atoms. The number of amides is 2. The summed E-state index contributed by atoms with van der Waals surface area (Å²) >= 11 is 0. The van der Waals surface area contributed by atoms with E-state index in [1.54, 1.807) is 4.52 Å². The van der Waals surface area contributed by atoms with Crippen LogP contribution in [0.5, 0.6) is 0 Å². The minimum absolute atomic E-state index is 0.0401. The summed E-state index contributed by atoms with van der Waals surface area (Å²) in [6, 6.07) is 3.68. The first-order valence-electron chi connectivity index (χ1n) is 12.9. The minimum atomic E-state index is -0.270. The second-order valence-corrected chi connectivity index (χ2v) is 10.2. The van der Waals surface area contributed by atoms with Crippen LogP contribution in [0.25, 0.3) is 5.65 Å². The van der Waals surface area contributed by atoms with Crippen LogP contribution in [0.1, 0.15) is 79.1 Å². The van der Waals surface area contributed by atoms with Gasteiger partial charge in [0.15, 0.2) is 11.3 Å². The van der Waals surface area contributed by atoms with Gasteiger partial charge in [0.05, 0.1) is 23.6 Å². The van der Waals surface area contributed by atoms with E-state index in [1.807, 2.05) is 25.3 Å². The van der Waals surface area contributed by atoms with Gasteiger partial charge in [-0.2, -0.15) is 5.10 Å². The quantitative estimate of drug-likeness (QED) is 0.485. The van der Waals surface area contributed by atoms with Crippen LogP contribution in [-0.2, 0) is 17.6 Å². The number of carbonyl (C=O) groups excluding carboxylic acids is 2. The molecule has 6 rings (SSSR count). The van der Waals surface area contributed by atoms with Gasteiger partial charge in [-0.15, -0.1) is 0 Å². The number of aryl methyl sites for hydroxylation is 1. The van der Waals surface area contributed by atoms with Gasteiger partial charge in [-0.25, -0.2) is 14.1 Å². The van der Waals surface area contributed by atoms with Crippen molar-refractivity contribution in [1.82, 2.24) is 35.5 Å². The van der Waals surface area contributed by atoms with E-state index in [-0.39, 0.29) is 29.5 Å². The lowest BCUT2D eigenvalue weighted by atomic mass is 9.87. The van der Waals surface area contributed by atoms with Crippen LogP contribution in [0.2, 0.25) is 0 Å². The Morgan fingerprint density at radius 1 is 1.20 bits per heavy atom. The maximum atomic E-state index is 13.2. The van der Waals surface area contributed by atoms with Crippen LogP contribution in [0.15, 0.2) is 23.0 Å². The number of fused-ring (bicyclic) bond motifs is 1. The lowest BCUT2D eigenvalue weighted by Gasteiger charge is -2.26. The number of carbonyl (C=O) groups is 2. The Bertz CT molecular complexity index is 1230. The van der Waals surface area contributed by atoms with Crippen molar-refractivity contribution in [2.24, 2.45) is 23.7 Å². The van der Waals surface area contributed by atoms with Gasteiger partial charge in [0, 0.05) is 18.9 Å². The molecule has 2 atom stereocenters. The zero-order chi connectivity index (χ0) is 23.9. The molecule has 2 aliphatic carbocycles. The number of rotatable bonds is 9. The Morgan fingerprint density at radius 2 is 2.00 bits per heavy atom. The van der Waals surface area contributed by atoms with Crippen molar-refractivity contribution in [2.75, 3.05) is 6.54 Å². The molecule has 0 bridgehead atoms. The predicted octanol–water partition coefficient (Wildman–Crippen LogP) is 2.65. The lowest BCUT2D eigenvalue weighted by molar-refractivity contribution is -0.126. The summed E-state index contributed by atoms with van der Waals surface area (Å²) in [6.45, 7) is 2.68. The molecule has 0 radical (unpaired) electrons. The number of nitrogens with one attached hydrogen (secondary N) is 2.